The molecule has 0 aliphatic rings. The van der Waals surface area contributed by atoms with Crippen molar-refractivity contribution >= 4 is 35.4 Å². The number of hydrogen-bond donors (Lipinski definition) is 0. The maximum Gasteiger partial charge on any atom is 0.0495 e. The quantitative estimate of drug-likeness (QED) is 0.399. The lowest BCUT2D eigenvalue weighted by atomic mass is 10.1. The second kappa shape index (κ2) is 7.87. The minimum atomic E-state index is -0.743. The Morgan fingerprint density at radius 3 is 1.54 bits per heavy atom. The van der Waals surface area contributed by atoms with E-state index in [0.717, 1.165) is 5.02 Å². The van der Waals surface area contributed by atoms with Gasteiger partial charge in [-0.05, 0) is 35.7 Å². The average molecular weight is 373 g/mol. The smallest absolute Gasteiger partial charge is 0.0495 e. The third-order valence-corrected chi connectivity index (χ3v) is 7.33. The van der Waals surface area contributed by atoms with E-state index < -0.39 is 7.92 Å². The van der Waals surface area contributed by atoms with Gasteiger partial charge in [0.05, 0.1) is 0 Å². The molecule has 4 rings (SSSR count). The maximum absolute atomic E-state index is 6.79. The van der Waals surface area contributed by atoms with E-state index in [1.54, 1.807) is 0 Å². The third kappa shape index (κ3) is 3.44. The molecule has 0 saturated carbocycles. The first-order chi connectivity index (χ1) is 12.8. The van der Waals surface area contributed by atoms with E-state index in [1.807, 2.05) is 18.2 Å². The fraction of sp³-hybridized carbons (Fsp3) is 0. The Hall–Kier alpha value is -2.40. The highest BCUT2D eigenvalue weighted by molar-refractivity contribution is 7.80. The second-order valence-electron chi connectivity index (χ2n) is 6.01. The first kappa shape index (κ1) is 17.0. The Kier molecular flexibility index (Phi) is 5.16. The molecule has 0 N–H and O–H groups in total. The fourth-order valence-electron chi connectivity index (χ4n) is 3.15. The molecular formula is C24H18ClP. The highest BCUT2D eigenvalue weighted by Gasteiger charge is 2.22. The maximum atomic E-state index is 6.79. The normalized spacial score (nSPS) is 10.8. The van der Waals surface area contributed by atoms with Crippen LogP contribution in [0.3, 0.4) is 0 Å². The lowest BCUT2D eigenvalue weighted by Gasteiger charge is -2.23. The van der Waals surface area contributed by atoms with Crippen LogP contribution in [0, 0.1) is 0 Å². The van der Waals surface area contributed by atoms with Crippen molar-refractivity contribution in [3.8, 4) is 11.1 Å². The van der Waals surface area contributed by atoms with Gasteiger partial charge in [-0.1, -0.05) is 115 Å². The number of halogens is 1. The molecule has 0 radical (unpaired) electrons. The summed E-state index contributed by atoms with van der Waals surface area (Å²) in [6.45, 7) is 0. The number of rotatable bonds is 4. The summed E-state index contributed by atoms with van der Waals surface area (Å²) >= 11 is 6.79. The van der Waals surface area contributed by atoms with Crippen LogP contribution in [-0.2, 0) is 0 Å². The second-order valence-corrected chi connectivity index (χ2v) is 8.57. The SMILES string of the molecule is Clc1cccc(-c2ccccc2)c1P(c1ccccc1)c1ccccc1. The summed E-state index contributed by atoms with van der Waals surface area (Å²) in [6, 6.07) is 38.1. The molecule has 0 saturated heterocycles. The molecule has 4 aromatic carbocycles. The Morgan fingerprint density at radius 1 is 0.500 bits per heavy atom. The summed E-state index contributed by atoms with van der Waals surface area (Å²) in [7, 11) is -0.743. The van der Waals surface area contributed by atoms with E-state index in [2.05, 4.69) is 91.0 Å². The predicted octanol–water partition coefficient (Wildman–Crippen LogP) is 5.77. The van der Waals surface area contributed by atoms with Crippen LogP contribution < -0.4 is 15.9 Å². The summed E-state index contributed by atoms with van der Waals surface area (Å²) in [4.78, 5) is 0. The monoisotopic (exact) mass is 372 g/mol. The molecule has 0 aliphatic heterocycles. The minimum absolute atomic E-state index is 0.743. The van der Waals surface area contributed by atoms with Crippen LogP contribution in [-0.4, -0.2) is 0 Å². The van der Waals surface area contributed by atoms with Crippen LogP contribution >= 0.6 is 19.5 Å². The Balaban J connectivity index is 1.98. The lowest BCUT2D eigenvalue weighted by Crippen LogP contribution is -2.23. The molecule has 0 fully saturated rings. The van der Waals surface area contributed by atoms with Crippen molar-refractivity contribution in [1.82, 2.24) is 0 Å². The molecule has 4 aromatic rings. The van der Waals surface area contributed by atoms with Gasteiger partial charge in [-0.3, -0.25) is 0 Å². The zero-order chi connectivity index (χ0) is 17.8. The van der Waals surface area contributed by atoms with Gasteiger partial charge in [-0.2, -0.15) is 0 Å². The highest BCUT2D eigenvalue weighted by Crippen LogP contribution is 2.39. The molecule has 0 atom stereocenters. The topological polar surface area (TPSA) is 0 Å². The zero-order valence-electron chi connectivity index (χ0n) is 14.2. The van der Waals surface area contributed by atoms with E-state index in [-0.39, 0.29) is 0 Å². The highest BCUT2D eigenvalue weighted by atomic mass is 35.5. The van der Waals surface area contributed by atoms with Gasteiger partial charge in [-0.25, -0.2) is 0 Å². The number of benzene rings is 4. The van der Waals surface area contributed by atoms with Gasteiger partial charge in [0.2, 0.25) is 0 Å². The van der Waals surface area contributed by atoms with Gasteiger partial charge < -0.3 is 0 Å². The fourth-order valence-corrected chi connectivity index (χ4v) is 6.07. The minimum Gasteiger partial charge on any atom is -0.0836 e. The van der Waals surface area contributed by atoms with E-state index in [0.29, 0.717) is 0 Å². The summed E-state index contributed by atoms with van der Waals surface area (Å²) in [5, 5.41) is 4.65. The summed E-state index contributed by atoms with van der Waals surface area (Å²) in [6.07, 6.45) is 0. The summed E-state index contributed by atoms with van der Waals surface area (Å²) in [5.74, 6) is 0. The van der Waals surface area contributed by atoms with Crippen LogP contribution in [0.2, 0.25) is 5.02 Å². The Bertz CT molecular complexity index is 943. The lowest BCUT2D eigenvalue weighted by molar-refractivity contribution is 1.64. The van der Waals surface area contributed by atoms with Gasteiger partial charge in [0.25, 0.3) is 0 Å². The van der Waals surface area contributed by atoms with Crippen LogP contribution in [0.25, 0.3) is 11.1 Å². The van der Waals surface area contributed by atoms with Crippen molar-refractivity contribution in [3.05, 3.63) is 114 Å². The van der Waals surface area contributed by atoms with Crippen molar-refractivity contribution in [2.24, 2.45) is 0 Å². The van der Waals surface area contributed by atoms with E-state index in [4.69, 9.17) is 11.6 Å². The van der Waals surface area contributed by atoms with Crippen LogP contribution in [0.5, 0.6) is 0 Å². The zero-order valence-corrected chi connectivity index (χ0v) is 15.9. The first-order valence-corrected chi connectivity index (χ1v) is 10.3. The van der Waals surface area contributed by atoms with Crippen molar-refractivity contribution in [2.45, 2.75) is 0 Å². The van der Waals surface area contributed by atoms with Crippen LogP contribution in [0.4, 0.5) is 0 Å². The molecule has 0 heterocycles. The molecule has 26 heavy (non-hydrogen) atoms. The summed E-state index contributed by atoms with van der Waals surface area (Å²) < 4.78 is 0. The van der Waals surface area contributed by atoms with Crippen molar-refractivity contribution < 1.29 is 0 Å². The van der Waals surface area contributed by atoms with E-state index in [1.165, 1.54) is 27.0 Å². The third-order valence-electron chi connectivity index (χ3n) is 4.32. The number of hydrogen-bond acceptors (Lipinski definition) is 0. The van der Waals surface area contributed by atoms with Crippen molar-refractivity contribution in [2.75, 3.05) is 0 Å². The molecule has 126 valence electrons. The molecular weight excluding hydrogens is 355 g/mol. The van der Waals surface area contributed by atoms with Gasteiger partial charge >= 0.3 is 0 Å². The molecule has 0 bridgehead atoms. The molecule has 0 aliphatic carbocycles. The van der Waals surface area contributed by atoms with Gasteiger partial charge in [0.1, 0.15) is 0 Å². The average Bonchev–Trinajstić information content (AvgIpc) is 2.72. The molecule has 0 nitrogen and oxygen atoms in total. The van der Waals surface area contributed by atoms with Gasteiger partial charge in [0.15, 0.2) is 0 Å². The predicted molar refractivity (Wildman–Crippen MR) is 116 cm³/mol. The van der Waals surface area contributed by atoms with Gasteiger partial charge in [-0.15, -0.1) is 0 Å². The van der Waals surface area contributed by atoms with Crippen LogP contribution in [0.15, 0.2) is 109 Å². The molecule has 2 heteroatoms. The van der Waals surface area contributed by atoms with Crippen LogP contribution in [0.1, 0.15) is 0 Å². The Labute approximate surface area is 160 Å². The van der Waals surface area contributed by atoms with Crippen molar-refractivity contribution in [1.29, 1.82) is 0 Å². The van der Waals surface area contributed by atoms with Crippen molar-refractivity contribution in [3.63, 3.8) is 0 Å². The van der Waals surface area contributed by atoms with Gasteiger partial charge in [0, 0.05) is 10.3 Å². The molecule has 0 unspecified atom stereocenters. The first-order valence-electron chi connectivity index (χ1n) is 8.59. The standard InChI is InChI=1S/C24H18ClP/c25-23-18-10-17-22(19-11-4-1-5-12-19)24(23)26(20-13-6-2-7-14-20)21-15-8-3-9-16-21/h1-18H. The molecule has 0 amide bonds. The van der Waals surface area contributed by atoms with E-state index in [9.17, 15) is 0 Å². The Morgan fingerprint density at radius 2 is 1.00 bits per heavy atom. The summed E-state index contributed by atoms with van der Waals surface area (Å²) in [5.41, 5.74) is 2.40. The van der Waals surface area contributed by atoms with E-state index >= 15 is 0 Å². The molecule has 0 spiro atoms. The largest absolute Gasteiger partial charge is 0.0836 e. The molecule has 0 aromatic heterocycles.